The van der Waals surface area contributed by atoms with Crippen LogP contribution in [0.4, 0.5) is 0 Å². The SMILES string of the molecule is c1ccc(P(Cc2ccccc2-c2ccccc2CP(c2ccccc2)c2cccnc2)c2cccnc2)cc1. The van der Waals surface area contributed by atoms with Gasteiger partial charge >= 0.3 is 0 Å². The van der Waals surface area contributed by atoms with Gasteiger partial charge in [0.2, 0.25) is 0 Å². The third-order valence-corrected chi connectivity index (χ3v) is 12.0. The van der Waals surface area contributed by atoms with Crippen molar-refractivity contribution in [1.29, 1.82) is 0 Å². The molecule has 4 heteroatoms. The average Bonchev–Trinajstić information content (AvgIpc) is 3.04. The van der Waals surface area contributed by atoms with Crippen LogP contribution in [0.25, 0.3) is 11.1 Å². The lowest BCUT2D eigenvalue weighted by Gasteiger charge is -2.23. The van der Waals surface area contributed by atoms with E-state index in [0.29, 0.717) is 0 Å². The summed E-state index contributed by atoms with van der Waals surface area (Å²) in [4.78, 5) is 8.94. The third-order valence-electron chi connectivity index (χ3n) is 7.03. The Kier molecular flexibility index (Phi) is 8.49. The van der Waals surface area contributed by atoms with Gasteiger partial charge in [0.15, 0.2) is 0 Å². The van der Waals surface area contributed by atoms with Gasteiger partial charge in [0, 0.05) is 37.1 Å². The Morgan fingerprint density at radius 2 is 0.750 bits per heavy atom. The highest BCUT2D eigenvalue weighted by Gasteiger charge is 2.20. The minimum Gasteiger partial charge on any atom is -0.264 e. The third kappa shape index (κ3) is 6.10. The minimum atomic E-state index is -0.599. The van der Waals surface area contributed by atoms with Crippen LogP contribution < -0.4 is 21.2 Å². The van der Waals surface area contributed by atoms with Gasteiger partial charge < -0.3 is 0 Å². The van der Waals surface area contributed by atoms with Gasteiger partial charge in [0.05, 0.1) is 0 Å². The standard InChI is InChI=1S/C36H30N2P2/c1-3-15-31(16-4-1)39(33-19-11-23-37-25-33)27-29-13-7-9-21-35(29)36-22-10-8-14-30(36)28-40(32-17-5-2-6-18-32)34-20-12-24-38-26-34/h1-26H,27-28H2. The number of pyridine rings is 2. The van der Waals surface area contributed by atoms with Crippen molar-refractivity contribution in [2.24, 2.45) is 0 Å². The van der Waals surface area contributed by atoms with Gasteiger partial charge in [0.25, 0.3) is 0 Å². The predicted octanol–water partition coefficient (Wildman–Crippen LogP) is 7.41. The molecule has 2 heterocycles. The van der Waals surface area contributed by atoms with E-state index in [1.165, 1.54) is 43.5 Å². The second kappa shape index (κ2) is 12.9. The van der Waals surface area contributed by atoms with E-state index in [0.717, 1.165) is 12.3 Å². The van der Waals surface area contributed by atoms with E-state index in [1.807, 2.05) is 24.8 Å². The highest BCUT2D eigenvalue weighted by molar-refractivity contribution is 7.72. The lowest BCUT2D eigenvalue weighted by molar-refractivity contribution is 1.33. The highest BCUT2D eigenvalue weighted by Crippen LogP contribution is 2.43. The van der Waals surface area contributed by atoms with Gasteiger partial charge in [-0.25, -0.2) is 0 Å². The highest BCUT2D eigenvalue weighted by atomic mass is 31.1. The summed E-state index contributed by atoms with van der Waals surface area (Å²) >= 11 is 0. The van der Waals surface area contributed by atoms with E-state index in [4.69, 9.17) is 0 Å². The Morgan fingerprint density at radius 3 is 1.15 bits per heavy atom. The van der Waals surface area contributed by atoms with Gasteiger partial charge in [-0.1, -0.05) is 121 Å². The molecule has 2 atom stereocenters. The Balaban J connectivity index is 1.40. The molecule has 0 N–H and O–H groups in total. The first kappa shape index (κ1) is 26.3. The molecule has 0 radical (unpaired) electrons. The Hall–Kier alpha value is -3.96. The molecule has 0 saturated carbocycles. The largest absolute Gasteiger partial charge is 0.264 e. The Bertz CT molecular complexity index is 1440. The lowest BCUT2D eigenvalue weighted by atomic mass is 9.97. The molecule has 0 aliphatic heterocycles. The van der Waals surface area contributed by atoms with E-state index in [-0.39, 0.29) is 0 Å². The zero-order valence-electron chi connectivity index (χ0n) is 22.2. The van der Waals surface area contributed by atoms with Crippen LogP contribution in [-0.2, 0) is 12.3 Å². The number of benzene rings is 4. The summed E-state index contributed by atoms with van der Waals surface area (Å²) < 4.78 is 0. The van der Waals surface area contributed by atoms with E-state index in [9.17, 15) is 0 Å². The van der Waals surface area contributed by atoms with Gasteiger partial charge in [-0.15, -0.1) is 0 Å². The van der Waals surface area contributed by atoms with Gasteiger partial charge in [-0.3, -0.25) is 9.97 Å². The monoisotopic (exact) mass is 552 g/mol. The molecule has 0 saturated heterocycles. The van der Waals surface area contributed by atoms with Crippen LogP contribution in [0.2, 0.25) is 0 Å². The predicted molar refractivity (Wildman–Crippen MR) is 173 cm³/mol. The number of aromatic nitrogens is 2. The van der Waals surface area contributed by atoms with Crippen molar-refractivity contribution < 1.29 is 0 Å². The first-order valence-electron chi connectivity index (χ1n) is 13.5. The second-order valence-corrected chi connectivity index (χ2v) is 14.0. The Labute approximate surface area is 239 Å². The van der Waals surface area contributed by atoms with Crippen LogP contribution in [0.5, 0.6) is 0 Å². The quantitative estimate of drug-likeness (QED) is 0.175. The molecule has 0 aliphatic carbocycles. The van der Waals surface area contributed by atoms with Gasteiger partial charge in [-0.05, 0) is 71.4 Å². The molecule has 4 aromatic carbocycles. The number of nitrogens with zero attached hydrogens (tertiary/aromatic N) is 2. The smallest absolute Gasteiger partial charge is 0.0348 e. The summed E-state index contributed by atoms with van der Waals surface area (Å²) in [7, 11) is -1.20. The molecule has 40 heavy (non-hydrogen) atoms. The van der Waals surface area contributed by atoms with E-state index < -0.39 is 15.8 Å². The Morgan fingerprint density at radius 1 is 0.375 bits per heavy atom. The summed E-state index contributed by atoms with van der Waals surface area (Å²) in [5, 5.41) is 5.35. The van der Waals surface area contributed by atoms with E-state index >= 15 is 0 Å². The molecule has 0 fully saturated rings. The average molecular weight is 553 g/mol. The van der Waals surface area contributed by atoms with Crippen LogP contribution in [-0.4, -0.2) is 9.97 Å². The molecule has 0 aliphatic rings. The van der Waals surface area contributed by atoms with Crippen LogP contribution in [0.3, 0.4) is 0 Å². The molecule has 0 spiro atoms. The van der Waals surface area contributed by atoms with Crippen molar-refractivity contribution in [3.8, 4) is 11.1 Å². The van der Waals surface area contributed by atoms with E-state index in [2.05, 4.69) is 143 Å². The maximum absolute atomic E-state index is 4.47. The number of hydrogen-bond donors (Lipinski definition) is 0. The summed E-state index contributed by atoms with van der Waals surface area (Å²) in [5.41, 5.74) is 5.39. The number of rotatable bonds is 9. The van der Waals surface area contributed by atoms with E-state index in [1.54, 1.807) is 0 Å². The molecule has 2 aromatic heterocycles. The summed E-state index contributed by atoms with van der Waals surface area (Å²) in [6.07, 6.45) is 9.72. The summed E-state index contributed by atoms with van der Waals surface area (Å²) in [6, 6.07) is 48.3. The van der Waals surface area contributed by atoms with Crippen LogP contribution in [0.1, 0.15) is 11.1 Å². The maximum atomic E-state index is 4.47. The molecular formula is C36H30N2P2. The number of hydrogen-bond acceptors (Lipinski definition) is 2. The zero-order chi connectivity index (χ0) is 27.0. The zero-order valence-corrected chi connectivity index (χ0v) is 24.0. The van der Waals surface area contributed by atoms with Crippen molar-refractivity contribution in [2.75, 3.05) is 0 Å². The lowest BCUT2D eigenvalue weighted by Crippen LogP contribution is -2.14. The normalized spacial score (nSPS) is 12.5. The topological polar surface area (TPSA) is 25.8 Å². The van der Waals surface area contributed by atoms with Crippen LogP contribution >= 0.6 is 15.8 Å². The van der Waals surface area contributed by atoms with Crippen molar-refractivity contribution in [3.05, 3.63) is 169 Å². The first-order chi connectivity index (χ1) is 19.9. The molecule has 0 amide bonds. The first-order valence-corrected chi connectivity index (χ1v) is 16.5. The van der Waals surface area contributed by atoms with Crippen LogP contribution in [0.15, 0.2) is 158 Å². The van der Waals surface area contributed by atoms with Crippen molar-refractivity contribution in [2.45, 2.75) is 12.3 Å². The molecule has 6 rings (SSSR count). The second-order valence-electron chi connectivity index (χ2n) is 9.58. The molecular weight excluding hydrogens is 522 g/mol. The fraction of sp³-hybridized carbons (Fsp3) is 0.0556. The molecule has 2 unspecified atom stereocenters. The van der Waals surface area contributed by atoms with Crippen LogP contribution in [0, 0.1) is 0 Å². The minimum absolute atomic E-state index is 0.599. The van der Waals surface area contributed by atoms with Gasteiger partial charge in [0.1, 0.15) is 0 Å². The maximum Gasteiger partial charge on any atom is 0.0348 e. The van der Waals surface area contributed by atoms with Crippen molar-refractivity contribution in [3.63, 3.8) is 0 Å². The summed E-state index contributed by atoms with van der Waals surface area (Å²) in [6.45, 7) is 0. The van der Waals surface area contributed by atoms with Gasteiger partial charge in [-0.2, -0.15) is 0 Å². The molecule has 194 valence electrons. The molecule has 2 nitrogen and oxygen atoms in total. The molecule has 0 bridgehead atoms. The summed E-state index contributed by atoms with van der Waals surface area (Å²) in [5.74, 6) is 0. The fourth-order valence-electron chi connectivity index (χ4n) is 5.09. The van der Waals surface area contributed by atoms with Crippen molar-refractivity contribution in [1.82, 2.24) is 9.97 Å². The fourth-order valence-corrected chi connectivity index (χ4v) is 9.66. The van der Waals surface area contributed by atoms with Crippen molar-refractivity contribution >= 4 is 37.1 Å². The molecule has 6 aromatic rings.